The van der Waals surface area contributed by atoms with Gasteiger partial charge in [0.05, 0.1) is 17.6 Å². The van der Waals surface area contributed by atoms with Crippen molar-refractivity contribution in [2.24, 2.45) is 0 Å². The molecule has 1 N–H and O–H groups in total. The van der Waals surface area contributed by atoms with Gasteiger partial charge in [-0.3, -0.25) is 0 Å². The van der Waals surface area contributed by atoms with Crippen molar-refractivity contribution in [3.63, 3.8) is 0 Å². The zero-order chi connectivity index (χ0) is 11.5. The van der Waals surface area contributed by atoms with E-state index in [0.29, 0.717) is 0 Å². The Hall–Kier alpha value is -1.20. The van der Waals surface area contributed by atoms with E-state index in [0.717, 1.165) is 22.4 Å². The summed E-state index contributed by atoms with van der Waals surface area (Å²) in [7, 11) is 1.91. The van der Waals surface area contributed by atoms with E-state index in [-0.39, 0.29) is 0 Å². The second-order valence-electron chi connectivity index (χ2n) is 3.60. The fourth-order valence-electron chi connectivity index (χ4n) is 1.57. The Kier molecular flexibility index (Phi) is 3.36. The Morgan fingerprint density at radius 3 is 3.00 bits per heavy atom. The predicted molar refractivity (Wildman–Crippen MR) is 66.6 cm³/mol. The van der Waals surface area contributed by atoms with Crippen molar-refractivity contribution in [2.45, 2.75) is 13.5 Å². The highest BCUT2D eigenvalue weighted by Crippen LogP contribution is 2.20. The molecule has 2 rings (SSSR count). The van der Waals surface area contributed by atoms with Crippen molar-refractivity contribution in [1.29, 1.82) is 0 Å². The molecule has 1 aromatic carbocycles. The molecular weight excluding hydrogens is 268 g/mol. The Morgan fingerprint density at radius 1 is 1.44 bits per heavy atom. The van der Waals surface area contributed by atoms with Crippen molar-refractivity contribution >= 4 is 15.9 Å². The largest absolute Gasteiger partial charge is 0.314 e. The number of nitrogens with one attached hydrogen (secondary N) is 1. The molecule has 84 valence electrons. The second-order valence-corrected chi connectivity index (χ2v) is 4.51. The van der Waals surface area contributed by atoms with E-state index in [1.807, 2.05) is 23.9 Å². The van der Waals surface area contributed by atoms with E-state index >= 15 is 0 Å². The average Bonchev–Trinajstić information content (AvgIpc) is 2.70. The van der Waals surface area contributed by atoms with Crippen LogP contribution in [0.3, 0.4) is 0 Å². The van der Waals surface area contributed by atoms with Gasteiger partial charge in [0, 0.05) is 11.0 Å². The predicted octanol–water partition coefficient (Wildman–Crippen LogP) is 2.06. The van der Waals surface area contributed by atoms with Crippen molar-refractivity contribution < 1.29 is 0 Å². The number of nitrogens with zero attached hydrogens (tertiary/aromatic N) is 3. The summed E-state index contributed by atoms with van der Waals surface area (Å²) >= 11 is 3.47. The third kappa shape index (κ3) is 2.15. The number of halogens is 1. The lowest BCUT2D eigenvalue weighted by atomic mass is 10.2. The zero-order valence-corrected chi connectivity index (χ0v) is 10.8. The Labute approximate surface area is 103 Å². The monoisotopic (exact) mass is 280 g/mol. The Morgan fingerprint density at radius 2 is 2.25 bits per heavy atom. The van der Waals surface area contributed by atoms with E-state index in [1.54, 1.807) is 6.20 Å². The molecule has 0 saturated heterocycles. The zero-order valence-electron chi connectivity index (χ0n) is 9.24. The molecule has 0 atom stereocenters. The molecule has 0 unspecified atom stereocenters. The molecule has 0 aliphatic heterocycles. The molecule has 0 aliphatic carbocycles. The van der Waals surface area contributed by atoms with Crippen LogP contribution in [-0.4, -0.2) is 22.0 Å². The highest BCUT2D eigenvalue weighted by Gasteiger charge is 2.08. The van der Waals surface area contributed by atoms with Gasteiger partial charge in [0.15, 0.2) is 0 Å². The van der Waals surface area contributed by atoms with Gasteiger partial charge in [-0.2, -0.15) is 0 Å². The standard InChI is InChI=1S/C11H13BrN4/c1-8-3-4-9(12)5-11(8)16-10(6-13-2)7-14-15-16/h3-5,7,13H,6H2,1-2H3. The van der Waals surface area contributed by atoms with Crippen LogP contribution < -0.4 is 5.32 Å². The molecule has 0 saturated carbocycles. The average molecular weight is 281 g/mol. The van der Waals surface area contributed by atoms with E-state index in [9.17, 15) is 0 Å². The molecule has 1 aromatic heterocycles. The van der Waals surface area contributed by atoms with Crippen LogP contribution in [0.2, 0.25) is 0 Å². The molecule has 0 radical (unpaired) electrons. The number of hydrogen-bond donors (Lipinski definition) is 1. The van der Waals surface area contributed by atoms with Gasteiger partial charge in [-0.25, -0.2) is 4.68 Å². The van der Waals surface area contributed by atoms with E-state index in [2.05, 4.69) is 44.5 Å². The summed E-state index contributed by atoms with van der Waals surface area (Å²) in [6, 6.07) is 6.13. The molecule has 0 fully saturated rings. The van der Waals surface area contributed by atoms with Crippen molar-refractivity contribution in [3.05, 3.63) is 40.1 Å². The van der Waals surface area contributed by atoms with Gasteiger partial charge in [-0.1, -0.05) is 27.2 Å². The van der Waals surface area contributed by atoms with Gasteiger partial charge in [0.1, 0.15) is 0 Å². The number of rotatable bonds is 3. The third-order valence-corrected chi connectivity index (χ3v) is 2.87. The van der Waals surface area contributed by atoms with Crippen molar-refractivity contribution in [1.82, 2.24) is 20.3 Å². The first-order valence-electron chi connectivity index (χ1n) is 5.03. The van der Waals surface area contributed by atoms with Gasteiger partial charge in [0.25, 0.3) is 0 Å². The van der Waals surface area contributed by atoms with Crippen LogP contribution in [0.15, 0.2) is 28.9 Å². The van der Waals surface area contributed by atoms with Crippen LogP contribution >= 0.6 is 15.9 Å². The first-order chi connectivity index (χ1) is 7.72. The maximum atomic E-state index is 4.11. The SMILES string of the molecule is CNCc1cnnn1-c1cc(Br)ccc1C. The smallest absolute Gasteiger partial charge is 0.0783 e. The highest BCUT2D eigenvalue weighted by molar-refractivity contribution is 9.10. The third-order valence-electron chi connectivity index (χ3n) is 2.38. The maximum Gasteiger partial charge on any atom is 0.0783 e. The molecule has 0 spiro atoms. The number of aromatic nitrogens is 3. The number of aryl methyl sites for hydroxylation is 1. The van der Waals surface area contributed by atoms with E-state index in [4.69, 9.17) is 0 Å². The highest BCUT2D eigenvalue weighted by atomic mass is 79.9. The van der Waals surface area contributed by atoms with Crippen LogP contribution in [0, 0.1) is 6.92 Å². The van der Waals surface area contributed by atoms with Gasteiger partial charge < -0.3 is 5.32 Å². The number of hydrogen-bond acceptors (Lipinski definition) is 3. The van der Waals surface area contributed by atoms with Crippen LogP contribution in [0.1, 0.15) is 11.3 Å². The quantitative estimate of drug-likeness (QED) is 0.936. The first kappa shape index (κ1) is 11.3. The second kappa shape index (κ2) is 4.76. The van der Waals surface area contributed by atoms with Gasteiger partial charge in [-0.15, -0.1) is 5.10 Å². The molecule has 0 bridgehead atoms. The molecular formula is C11H13BrN4. The van der Waals surface area contributed by atoms with Crippen molar-refractivity contribution in [2.75, 3.05) is 7.05 Å². The molecule has 4 nitrogen and oxygen atoms in total. The minimum Gasteiger partial charge on any atom is -0.314 e. The Balaban J connectivity index is 2.49. The fourth-order valence-corrected chi connectivity index (χ4v) is 1.92. The van der Waals surface area contributed by atoms with Crippen LogP contribution in [0.4, 0.5) is 0 Å². The number of benzene rings is 1. The van der Waals surface area contributed by atoms with Gasteiger partial charge in [0.2, 0.25) is 0 Å². The van der Waals surface area contributed by atoms with Crippen LogP contribution in [0.25, 0.3) is 5.69 Å². The normalized spacial score (nSPS) is 10.7. The summed E-state index contributed by atoms with van der Waals surface area (Å²) in [5.74, 6) is 0. The summed E-state index contributed by atoms with van der Waals surface area (Å²) in [5, 5.41) is 11.2. The fraction of sp³-hybridized carbons (Fsp3) is 0.273. The lowest BCUT2D eigenvalue weighted by Crippen LogP contribution is -2.11. The molecule has 1 heterocycles. The minimum atomic E-state index is 0.749. The lowest BCUT2D eigenvalue weighted by Gasteiger charge is -2.09. The summed E-state index contributed by atoms with van der Waals surface area (Å²) in [5.41, 5.74) is 3.27. The lowest BCUT2D eigenvalue weighted by molar-refractivity contribution is 0.711. The van der Waals surface area contributed by atoms with Crippen LogP contribution in [-0.2, 0) is 6.54 Å². The summed E-state index contributed by atoms with van der Waals surface area (Å²) < 4.78 is 2.90. The Bertz CT molecular complexity index is 492. The van der Waals surface area contributed by atoms with Gasteiger partial charge >= 0.3 is 0 Å². The topological polar surface area (TPSA) is 42.7 Å². The summed E-state index contributed by atoms with van der Waals surface area (Å²) in [6.45, 7) is 2.81. The summed E-state index contributed by atoms with van der Waals surface area (Å²) in [4.78, 5) is 0. The molecule has 0 aliphatic rings. The molecule has 2 aromatic rings. The van der Waals surface area contributed by atoms with E-state index in [1.165, 1.54) is 5.56 Å². The van der Waals surface area contributed by atoms with E-state index < -0.39 is 0 Å². The minimum absolute atomic E-state index is 0.749. The maximum absolute atomic E-state index is 4.11. The molecule has 5 heteroatoms. The van der Waals surface area contributed by atoms with Crippen molar-refractivity contribution in [3.8, 4) is 5.69 Å². The first-order valence-corrected chi connectivity index (χ1v) is 5.82. The molecule has 16 heavy (non-hydrogen) atoms. The van der Waals surface area contributed by atoms with Crippen LogP contribution in [0.5, 0.6) is 0 Å². The summed E-state index contributed by atoms with van der Waals surface area (Å²) in [6.07, 6.45) is 1.77. The molecule has 0 amide bonds. The van der Waals surface area contributed by atoms with Gasteiger partial charge in [-0.05, 0) is 31.7 Å².